The zero-order valence-electron chi connectivity index (χ0n) is 17.6. The number of anilines is 1. The molecule has 2 aromatic carbocycles. The number of hydrogen-bond donors (Lipinski definition) is 1. The van der Waals surface area contributed by atoms with Gasteiger partial charge in [0.05, 0.1) is 5.75 Å². The molecule has 0 bridgehead atoms. The van der Waals surface area contributed by atoms with E-state index in [1.165, 1.54) is 17.8 Å². The van der Waals surface area contributed by atoms with E-state index < -0.39 is 0 Å². The Hall–Kier alpha value is -3.13. The maximum atomic E-state index is 13.8. The fraction of sp³-hybridized carbons (Fsp3) is 0.292. The van der Waals surface area contributed by atoms with Crippen molar-refractivity contribution in [3.63, 3.8) is 0 Å². The summed E-state index contributed by atoms with van der Waals surface area (Å²) in [5.41, 5.74) is 2.09. The lowest BCUT2D eigenvalue weighted by molar-refractivity contribution is -0.113. The summed E-state index contributed by atoms with van der Waals surface area (Å²) in [6.07, 6.45) is 3.91. The largest absolute Gasteiger partial charge is 0.448 e. The van der Waals surface area contributed by atoms with Crippen LogP contribution in [0, 0.1) is 12.7 Å². The van der Waals surface area contributed by atoms with Crippen LogP contribution in [0.3, 0.4) is 0 Å². The Kier molecular flexibility index (Phi) is 5.46. The Bertz CT molecular complexity index is 1390. The van der Waals surface area contributed by atoms with Gasteiger partial charge in [0.1, 0.15) is 16.9 Å². The predicted molar refractivity (Wildman–Crippen MR) is 124 cm³/mol. The van der Waals surface area contributed by atoms with E-state index in [0.29, 0.717) is 27.5 Å². The summed E-state index contributed by atoms with van der Waals surface area (Å²) in [4.78, 5) is 30.7. The molecule has 1 saturated carbocycles. The van der Waals surface area contributed by atoms with Crippen LogP contribution in [0.4, 0.5) is 10.1 Å². The molecule has 0 unspecified atom stereocenters. The average molecular weight is 452 g/mol. The van der Waals surface area contributed by atoms with Crippen molar-refractivity contribution >= 4 is 45.4 Å². The number of halogens is 1. The van der Waals surface area contributed by atoms with Gasteiger partial charge in [-0.2, -0.15) is 0 Å². The monoisotopic (exact) mass is 451 g/mol. The standard InChI is InChI=1S/C24H22FN3O3S/c1-14-10-11-15(12-18(14)25)26-20(29)13-32-24-27-21-17-8-4-5-9-19(17)31-22(21)23(30)28(24)16-6-2-3-7-16/h4-5,8-12,16H,2-3,6-7,13H2,1H3,(H,26,29). The molecule has 164 valence electrons. The molecule has 0 radical (unpaired) electrons. The van der Waals surface area contributed by atoms with Gasteiger partial charge in [-0.3, -0.25) is 14.2 Å². The fourth-order valence-electron chi connectivity index (χ4n) is 4.22. The Morgan fingerprint density at radius 1 is 1.25 bits per heavy atom. The minimum absolute atomic E-state index is 0.0457. The smallest absolute Gasteiger partial charge is 0.298 e. The van der Waals surface area contributed by atoms with Gasteiger partial charge in [-0.1, -0.05) is 42.8 Å². The number of furan rings is 1. The molecule has 4 aromatic rings. The number of benzene rings is 2. The van der Waals surface area contributed by atoms with Crippen LogP contribution in [-0.2, 0) is 4.79 Å². The van der Waals surface area contributed by atoms with Crippen LogP contribution in [0.15, 0.2) is 56.8 Å². The molecular weight excluding hydrogens is 429 g/mol. The summed E-state index contributed by atoms with van der Waals surface area (Å²) in [6.45, 7) is 1.67. The minimum Gasteiger partial charge on any atom is -0.448 e. The molecule has 1 fully saturated rings. The molecule has 5 rings (SSSR count). The van der Waals surface area contributed by atoms with E-state index in [2.05, 4.69) is 5.32 Å². The minimum atomic E-state index is -0.371. The quantitative estimate of drug-likeness (QED) is 0.323. The van der Waals surface area contributed by atoms with Crippen LogP contribution < -0.4 is 10.9 Å². The number of aryl methyl sites for hydroxylation is 1. The van der Waals surface area contributed by atoms with Crippen molar-refractivity contribution in [1.29, 1.82) is 0 Å². The average Bonchev–Trinajstić information content (AvgIpc) is 3.43. The van der Waals surface area contributed by atoms with Crippen molar-refractivity contribution < 1.29 is 13.6 Å². The van der Waals surface area contributed by atoms with Crippen LogP contribution in [0.25, 0.3) is 22.1 Å². The molecule has 1 aliphatic rings. The highest BCUT2D eigenvalue weighted by molar-refractivity contribution is 7.99. The molecule has 1 aliphatic carbocycles. The maximum Gasteiger partial charge on any atom is 0.298 e. The molecule has 1 amide bonds. The van der Waals surface area contributed by atoms with Crippen LogP contribution in [0.5, 0.6) is 0 Å². The van der Waals surface area contributed by atoms with Crippen LogP contribution in [0.2, 0.25) is 0 Å². The first-order valence-corrected chi connectivity index (χ1v) is 11.6. The van der Waals surface area contributed by atoms with Crippen LogP contribution in [0.1, 0.15) is 37.3 Å². The first kappa shape index (κ1) is 20.8. The van der Waals surface area contributed by atoms with Crippen molar-refractivity contribution in [2.24, 2.45) is 0 Å². The number of para-hydroxylation sites is 1. The Morgan fingerprint density at radius 3 is 2.81 bits per heavy atom. The van der Waals surface area contributed by atoms with Gasteiger partial charge in [-0.05, 0) is 49.6 Å². The van der Waals surface area contributed by atoms with Crippen molar-refractivity contribution in [2.45, 2.75) is 43.8 Å². The van der Waals surface area contributed by atoms with Crippen molar-refractivity contribution in [1.82, 2.24) is 9.55 Å². The van der Waals surface area contributed by atoms with Crippen molar-refractivity contribution in [3.05, 3.63) is 64.2 Å². The SMILES string of the molecule is Cc1ccc(NC(=O)CSc2nc3c(oc4ccccc43)c(=O)n2C2CCCC2)cc1F. The number of nitrogens with zero attached hydrogens (tertiary/aromatic N) is 2. The number of hydrogen-bond acceptors (Lipinski definition) is 5. The third-order valence-electron chi connectivity index (χ3n) is 5.87. The second-order valence-electron chi connectivity index (χ2n) is 8.08. The van der Waals surface area contributed by atoms with Crippen molar-refractivity contribution in [2.75, 3.05) is 11.1 Å². The molecule has 2 aromatic heterocycles. The summed E-state index contributed by atoms with van der Waals surface area (Å²) in [5, 5.41) is 4.00. The highest BCUT2D eigenvalue weighted by Crippen LogP contribution is 2.34. The third-order valence-corrected chi connectivity index (χ3v) is 6.83. The highest BCUT2D eigenvalue weighted by Gasteiger charge is 2.25. The second kappa shape index (κ2) is 8.43. The van der Waals surface area contributed by atoms with E-state index in [4.69, 9.17) is 9.40 Å². The van der Waals surface area contributed by atoms with E-state index in [-0.39, 0.29) is 34.7 Å². The molecule has 32 heavy (non-hydrogen) atoms. The Balaban J connectivity index is 1.48. The number of thioether (sulfide) groups is 1. The number of nitrogens with one attached hydrogen (secondary N) is 1. The van der Waals surface area contributed by atoms with Gasteiger partial charge in [0, 0.05) is 17.1 Å². The van der Waals surface area contributed by atoms with E-state index in [1.807, 2.05) is 24.3 Å². The summed E-state index contributed by atoms with van der Waals surface area (Å²) in [7, 11) is 0. The lowest BCUT2D eigenvalue weighted by Gasteiger charge is -2.17. The zero-order chi connectivity index (χ0) is 22.2. The zero-order valence-corrected chi connectivity index (χ0v) is 18.4. The summed E-state index contributed by atoms with van der Waals surface area (Å²) < 4.78 is 21.3. The van der Waals surface area contributed by atoms with Gasteiger partial charge in [0.15, 0.2) is 5.16 Å². The molecule has 0 spiro atoms. The molecule has 0 aliphatic heterocycles. The van der Waals surface area contributed by atoms with Gasteiger partial charge >= 0.3 is 0 Å². The van der Waals surface area contributed by atoms with Gasteiger partial charge in [0.2, 0.25) is 11.5 Å². The second-order valence-corrected chi connectivity index (χ2v) is 9.03. The molecule has 8 heteroatoms. The number of fused-ring (bicyclic) bond motifs is 3. The third kappa shape index (κ3) is 3.79. The predicted octanol–water partition coefficient (Wildman–Crippen LogP) is 5.44. The number of rotatable bonds is 5. The van der Waals surface area contributed by atoms with Gasteiger partial charge in [-0.25, -0.2) is 9.37 Å². The number of amides is 1. The number of aromatic nitrogens is 2. The van der Waals surface area contributed by atoms with Crippen LogP contribution in [-0.4, -0.2) is 21.2 Å². The summed E-state index contributed by atoms with van der Waals surface area (Å²) >= 11 is 1.21. The molecule has 0 saturated heterocycles. The highest BCUT2D eigenvalue weighted by atomic mass is 32.2. The topological polar surface area (TPSA) is 77.1 Å². The van der Waals surface area contributed by atoms with E-state index in [1.54, 1.807) is 23.6 Å². The van der Waals surface area contributed by atoms with Gasteiger partial charge in [-0.15, -0.1) is 0 Å². The maximum absolute atomic E-state index is 13.8. The number of carbonyl (C=O) groups excluding carboxylic acids is 1. The molecule has 2 heterocycles. The van der Waals surface area contributed by atoms with Gasteiger partial charge < -0.3 is 9.73 Å². The molecule has 0 atom stereocenters. The number of carbonyl (C=O) groups is 1. The molecule has 6 nitrogen and oxygen atoms in total. The van der Waals surface area contributed by atoms with E-state index in [9.17, 15) is 14.0 Å². The molecule has 1 N–H and O–H groups in total. The Morgan fingerprint density at radius 2 is 2.03 bits per heavy atom. The van der Waals surface area contributed by atoms with Crippen LogP contribution >= 0.6 is 11.8 Å². The van der Waals surface area contributed by atoms with Crippen molar-refractivity contribution in [3.8, 4) is 0 Å². The summed E-state index contributed by atoms with van der Waals surface area (Å²) in [5.74, 6) is -0.609. The Labute approximate surface area is 187 Å². The summed E-state index contributed by atoms with van der Waals surface area (Å²) in [6, 6.07) is 12.1. The molecular formula is C24H22FN3O3S. The lowest BCUT2D eigenvalue weighted by atomic mass is 10.2. The normalized spacial score (nSPS) is 14.4. The van der Waals surface area contributed by atoms with Gasteiger partial charge in [0.25, 0.3) is 5.56 Å². The van der Waals surface area contributed by atoms with E-state index >= 15 is 0 Å². The lowest BCUT2D eigenvalue weighted by Crippen LogP contribution is -2.26. The fourth-order valence-corrected chi connectivity index (χ4v) is 5.08. The first-order chi connectivity index (χ1) is 15.5. The van der Waals surface area contributed by atoms with E-state index in [0.717, 1.165) is 31.1 Å². The first-order valence-electron chi connectivity index (χ1n) is 10.6.